The fourth-order valence-electron chi connectivity index (χ4n) is 1.74. The van der Waals surface area contributed by atoms with Gasteiger partial charge in [0.1, 0.15) is 0 Å². The van der Waals surface area contributed by atoms with Crippen LogP contribution in [0.1, 0.15) is 34.1 Å². The fraction of sp³-hybridized carbons (Fsp3) is 0.900. The quantitative estimate of drug-likeness (QED) is 0.743. The van der Waals surface area contributed by atoms with E-state index in [9.17, 15) is 4.79 Å². The van der Waals surface area contributed by atoms with E-state index in [0.29, 0.717) is 0 Å². The van der Waals surface area contributed by atoms with Gasteiger partial charge in [0.2, 0.25) is 5.91 Å². The van der Waals surface area contributed by atoms with Crippen LogP contribution in [0.4, 0.5) is 0 Å². The average Bonchev–Trinajstić information content (AvgIpc) is 2.00. The molecule has 0 spiro atoms. The highest BCUT2D eigenvalue weighted by atomic mass is 33.1. The second kappa shape index (κ2) is 5.31. The third-order valence-electron chi connectivity index (χ3n) is 2.02. The largest absolute Gasteiger partial charge is 0.359 e. The van der Waals surface area contributed by atoms with Crippen molar-refractivity contribution in [3.8, 4) is 0 Å². The van der Waals surface area contributed by atoms with Gasteiger partial charge in [0.05, 0.1) is 0 Å². The predicted octanol–water partition coefficient (Wildman–Crippen LogP) is 2.94. The third kappa shape index (κ3) is 4.60. The lowest BCUT2D eigenvalue weighted by molar-refractivity contribution is -0.129. The zero-order chi connectivity index (χ0) is 11.4. The summed E-state index contributed by atoms with van der Waals surface area (Å²) in [5, 5.41) is 2.71. The first-order chi connectivity index (χ1) is 6.25. The molecule has 0 fully saturated rings. The Balaban J connectivity index is 4.41. The summed E-state index contributed by atoms with van der Waals surface area (Å²) in [5.41, 5.74) is -0.291. The van der Waals surface area contributed by atoms with Gasteiger partial charge in [-0.15, -0.1) is 0 Å². The molecule has 0 aliphatic rings. The molecule has 0 aliphatic carbocycles. The van der Waals surface area contributed by atoms with E-state index in [1.165, 1.54) is 0 Å². The number of rotatable bonds is 5. The maximum absolute atomic E-state index is 11.6. The van der Waals surface area contributed by atoms with E-state index in [1.54, 1.807) is 17.8 Å². The van der Waals surface area contributed by atoms with Gasteiger partial charge in [-0.25, -0.2) is 0 Å². The van der Waals surface area contributed by atoms with Crippen molar-refractivity contribution in [3.05, 3.63) is 0 Å². The molecule has 0 atom stereocenters. The molecule has 1 amide bonds. The molecule has 1 N–H and O–H groups in total. The number of carbonyl (C=O) groups is 1. The number of nitrogens with one attached hydrogen (secondary N) is 1. The molecular formula is C10H21NOS2. The van der Waals surface area contributed by atoms with Gasteiger partial charge in [0, 0.05) is 17.2 Å². The van der Waals surface area contributed by atoms with Crippen molar-refractivity contribution in [2.75, 3.05) is 13.3 Å². The van der Waals surface area contributed by atoms with E-state index >= 15 is 0 Å². The zero-order valence-corrected chi connectivity index (χ0v) is 11.6. The molecule has 0 aliphatic heterocycles. The number of carbonyl (C=O) groups excluding carboxylic acids is 1. The van der Waals surface area contributed by atoms with Gasteiger partial charge in [-0.2, -0.15) is 0 Å². The van der Waals surface area contributed by atoms with Crippen LogP contribution in [0.15, 0.2) is 0 Å². The minimum Gasteiger partial charge on any atom is -0.359 e. The lowest BCUT2D eigenvalue weighted by Crippen LogP contribution is -2.38. The summed E-state index contributed by atoms with van der Waals surface area (Å²) < 4.78 is 0.134. The van der Waals surface area contributed by atoms with E-state index < -0.39 is 0 Å². The highest BCUT2D eigenvalue weighted by Crippen LogP contribution is 2.41. The molecule has 0 unspecified atom stereocenters. The molecule has 0 aromatic rings. The van der Waals surface area contributed by atoms with Crippen LogP contribution in [0.5, 0.6) is 0 Å². The third-order valence-corrected chi connectivity index (χ3v) is 4.63. The molecule has 0 aromatic carbocycles. The van der Waals surface area contributed by atoms with Gasteiger partial charge < -0.3 is 5.32 Å². The topological polar surface area (TPSA) is 29.1 Å². The number of amides is 1. The Morgan fingerprint density at radius 2 is 1.79 bits per heavy atom. The van der Waals surface area contributed by atoms with Crippen LogP contribution in [0, 0.1) is 5.41 Å². The lowest BCUT2D eigenvalue weighted by atomic mass is 9.83. The second-order valence-electron chi connectivity index (χ2n) is 4.65. The van der Waals surface area contributed by atoms with Crippen LogP contribution in [0.2, 0.25) is 0 Å². The van der Waals surface area contributed by atoms with Crippen molar-refractivity contribution in [2.45, 2.75) is 38.9 Å². The molecule has 0 heterocycles. The van der Waals surface area contributed by atoms with E-state index in [4.69, 9.17) is 0 Å². The minimum atomic E-state index is -0.291. The molecule has 84 valence electrons. The summed E-state index contributed by atoms with van der Waals surface area (Å²) in [6.07, 6.45) is 2.95. The Bertz CT molecular complexity index is 202. The minimum absolute atomic E-state index is 0.118. The molecule has 0 radical (unpaired) electrons. The van der Waals surface area contributed by atoms with E-state index in [-0.39, 0.29) is 16.1 Å². The van der Waals surface area contributed by atoms with Crippen LogP contribution < -0.4 is 5.32 Å². The standard InChI is InChI=1S/C10H21NOS2/c1-9(2,8(12)11-5)7-10(3,4)14-13-6/h7H2,1-6H3,(H,11,12). The molecular weight excluding hydrogens is 214 g/mol. The summed E-state index contributed by atoms with van der Waals surface area (Å²) in [5.74, 6) is 0.118. The summed E-state index contributed by atoms with van der Waals surface area (Å²) in [6, 6.07) is 0. The Morgan fingerprint density at radius 1 is 1.29 bits per heavy atom. The van der Waals surface area contributed by atoms with E-state index in [2.05, 4.69) is 25.4 Å². The van der Waals surface area contributed by atoms with Crippen molar-refractivity contribution in [1.82, 2.24) is 5.32 Å². The highest BCUT2D eigenvalue weighted by Gasteiger charge is 2.34. The van der Waals surface area contributed by atoms with Gasteiger partial charge in [0.15, 0.2) is 0 Å². The Hall–Kier alpha value is 0.170. The Morgan fingerprint density at radius 3 is 2.14 bits per heavy atom. The van der Waals surface area contributed by atoms with Crippen LogP contribution in [0.25, 0.3) is 0 Å². The molecule has 0 saturated heterocycles. The smallest absolute Gasteiger partial charge is 0.225 e. The summed E-state index contributed by atoms with van der Waals surface area (Å²) in [4.78, 5) is 11.6. The summed E-state index contributed by atoms with van der Waals surface area (Å²) in [6.45, 7) is 8.35. The lowest BCUT2D eigenvalue weighted by Gasteiger charge is -2.32. The van der Waals surface area contributed by atoms with E-state index in [1.807, 2.05) is 24.6 Å². The number of hydrogen-bond acceptors (Lipinski definition) is 3. The van der Waals surface area contributed by atoms with Crippen LogP contribution >= 0.6 is 21.6 Å². The number of hydrogen-bond donors (Lipinski definition) is 1. The van der Waals surface area contributed by atoms with Crippen molar-refractivity contribution in [1.29, 1.82) is 0 Å². The van der Waals surface area contributed by atoms with Gasteiger partial charge in [-0.3, -0.25) is 4.79 Å². The van der Waals surface area contributed by atoms with Crippen molar-refractivity contribution in [2.24, 2.45) is 5.41 Å². The van der Waals surface area contributed by atoms with E-state index in [0.717, 1.165) is 6.42 Å². The normalized spacial score (nSPS) is 12.7. The second-order valence-corrected chi connectivity index (χ2v) is 7.75. The SMILES string of the molecule is CNC(=O)C(C)(C)CC(C)(C)SSC. The highest BCUT2D eigenvalue weighted by molar-refractivity contribution is 8.76. The summed E-state index contributed by atoms with van der Waals surface area (Å²) >= 11 is 0. The van der Waals surface area contributed by atoms with Gasteiger partial charge in [0.25, 0.3) is 0 Å². The van der Waals surface area contributed by atoms with Gasteiger partial charge in [-0.1, -0.05) is 35.4 Å². The summed E-state index contributed by atoms with van der Waals surface area (Å²) in [7, 11) is 5.27. The molecule has 0 saturated carbocycles. The first-order valence-electron chi connectivity index (χ1n) is 4.69. The molecule has 14 heavy (non-hydrogen) atoms. The molecule has 4 heteroatoms. The fourth-order valence-corrected chi connectivity index (χ4v) is 4.14. The van der Waals surface area contributed by atoms with Crippen LogP contribution in [0.3, 0.4) is 0 Å². The predicted molar refractivity (Wildman–Crippen MR) is 67.6 cm³/mol. The molecule has 0 rings (SSSR count). The van der Waals surface area contributed by atoms with Crippen molar-refractivity contribution >= 4 is 27.5 Å². The zero-order valence-electron chi connectivity index (χ0n) is 9.93. The maximum Gasteiger partial charge on any atom is 0.225 e. The average molecular weight is 235 g/mol. The van der Waals surface area contributed by atoms with Gasteiger partial charge >= 0.3 is 0 Å². The molecule has 2 nitrogen and oxygen atoms in total. The van der Waals surface area contributed by atoms with Crippen LogP contribution in [-0.2, 0) is 4.79 Å². The first kappa shape index (κ1) is 14.2. The molecule has 0 aromatic heterocycles. The van der Waals surface area contributed by atoms with Crippen LogP contribution in [-0.4, -0.2) is 24.0 Å². The Labute approximate surface area is 95.4 Å². The Kier molecular flexibility index (Phi) is 5.37. The first-order valence-corrected chi connectivity index (χ1v) is 7.25. The maximum atomic E-state index is 11.6. The van der Waals surface area contributed by atoms with Crippen molar-refractivity contribution < 1.29 is 4.79 Å². The monoisotopic (exact) mass is 235 g/mol. The molecule has 0 bridgehead atoms. The van der Waals surface area contributed by atoms with Gasteiger partial charge in [-0.05, 0) is 26.5 Å². The van der Waals surface area contributed by atoms with Crippen molar-refractivity contribution in [3.63, 3.8) is 0 Å².